The van der Waals surface area contributed by atoms with Crippen molar-refractivity contribution in [2.75, 3.05) is 26.2 Å². The van der Waals surface area contributed by atoms with Crippen LogP contribution in [-0.4, -0.2) is 52.9 Å². The van der Waals surface area contributed by atoms with E-state index < -0.39 is 0 Å². The third-order valence-corrected chi connectivity index (χ3v) is 5.72. The Morgan fingerprint density at radius 2 is 2.00 bits per heavy atom. The molecule has 3 rings (SSSR count). The van der Waals surface area contributed by atoms with Crippen LogP contribution >= 0.6 is 22.9 Å². The van der Waals surface area contributed by atoms with Crippen molar-refractivity contribution in [2.24, 2.45) is 0 Å². The lowest BCUT2D eigenvalue weighted by atomic mass is 10.1. The lowest BCUT2D eigenvalue weighted by molar-refractivity contribution is -0.132. The topological polar surface area (TPSA) is 36.4 Å². The Morgan fingerprint density at radius 1 is 1.29 bits per heavy atom. The average Bonchev–Trinajstić information content (AvgIpc) is 3.19. The van der Waals surface area contributed by atoms with E-state index in [4.69, 9.17) is 11.6 Å². The van der Waals surface area contributed by atoms with Gasteiger partial charge in [-0.2, -0.15) is 0 Å². The molecule has 0 bridgehead atoms. The smallest absolute Gasteiger partial charge is 0.229 e. The Balaban J connectivity index is 1.48. The van der Waals surface area contributed by atoms with Crippen molar-refractivity contribution >= 4 is 28.8 Å². The van der Waals surface area contributed by atoms with Crippen molar-refractivity contribution < 1.29 is 4.79 Å². The fourth-order valence-electron chi connectivity index (χ4n) is 3.34. The fraction of sp³-hybridized carbons (Fsp3) is 0.733. The van der Waals surface area contributed by atoms with Crippen LogP contribution in [-0.2, 0) is 17.1 Å². The molecule has 1 aromatic heterocycles. The first-order valence-electron chi connectivity index (χ1n) is 7.77. The van der Waals surface area contributed by atoms with Crippen molar-refractivity contribution in [3.8, 4) is 0 Å². The van der Waals surface area contributed by atoms with Crippen molar-refractivity contribution in [3.63, 3.8) is 0 Å². The molecule has 0 atom stereocenters. The number of halogens is 1. The average molecular weight is 328 g/mol. The van der Waals surface area contributed by atoms with Gasteiger partial charge in [-0.05, 0) is 12.8 Å². The van der Waals surface area contributed by atoms with Crippen LogP contribution in [0.2, 0.25) is 0 Å². The molecular weight excluding hydrogens is 306 g/mol. The second-order valence-electron chi connectivity index (χ2n) is 5.90. The molecule has 0 unspecified atom stereocenters. The van der Waals surface area contributed by atoms with Crippen LogP contribution in [0.1, 0.15) is 36.4 Å². The van der Waals surface area contributed by atoms with Crippen LogP contribution in [0.3, 0.4) is 0 Å². The van der Waals surface area contributed by atoms with E-state index in [-0.39, 0.29) is 5.91 Å². The van der Waals surface area contributed by atoms with Crippen LogP contribution in [0.15, 0.2) is 5.38 Å². The molecule has 1 saturated heterocycles. The summed E-state index contributed by atoms with van der Waals surface area (Å²) in [5, 5.41) is 2.82. The van der Waals surface area contributed by atoms with Crippen LogP contribution in [0.4, 0.5) is 0 Å². The standard InChI is InChI=1S/C15H22ClN3OS/c16-10-12-11-21-14(17-12)9-15(20)19-7-5-18(6-8-19)13-3-1-2-4-13/h11,13H,1-10H2. The second-order valence-corrected chi connectivity index (χ2v) is 7.11. The number of hydrogen-bond acceptors (Lipinski definition) is 4. The number of rotatable bonds is 4. The van der Waals surface area contributed by atoms with E-state index in [0.29, 0.717) is 12.3 Å². The zero-order chi connectivity index (χ0) is 14.7. The molecular formula is C15H22ClN3OS. The molecule has 1 aromatic rings. The van der Waals surface area contributed by atoms with E-state index >= 15 is 0 Å². The number of piperazine rings is 1. The zero-order valence-electron chi connectivity index (χ0n) is 12.3. The fourth-order valence-corrected chi connectivity index (χ4v) is 4.35. The van der Waals surface area contributed by atoms with Gasteiger partial charge >= 0.3 is 0 Å². The van der Waals surface area contributed by atoms with E-state index in [1.807, 2.05) is 10.3 Å². The molecule has 0 spiro atoms. The maximum atomic E-state index is 12.3. The molecule has 0 N–H and O–H groups in total. The number of hydrogen-bond donors (Lipinski definition) is 0. The van der Waals surface area contributed by atoms with Gasteiger partial charge < -0.3 is 4.90 Å². The van der Waals surface area contributed by atoms with Crippen LogP contribution in [0, 0.1) is 0 Å². The molecule has 0 radical (unpaired) electrons. The minimum atomic E-state index is 0.205. The summed E-state index contributed by atoms with van der Waals surface area (Å²) in [6, 6.07) is 0.771. The molecule has 0 aromatic carbocycles. The summed E-state index contributed by atoms with van der Waals surface area (Å²) in [5.41, 5.74) is 0.871. The van der Waals surface area contributed by atoms with Crippen molar-refractivity contribution in [1.82, 2.24) is 14.8 Å². The highest BCUT2D eigenvalue weighted by Gasteiger charge is 2.27. The van der Waals surface area contributed by atoms with Crippen LogP contribution in [0.25, 0.3) is 0 Å². The maximum absolute atomic E-state index is 12.3. The summed E-state index contributed by atoms with van der Waals surface area (Å²) in [6.07, 6.45) is 5.85. The number of amides is 1. The van der Waals surface area contributed by atoms with E-state index in [1.165, 1.54) is 37.0 Å². The van der Waals surface area contributed by atoms with Crippen LogP contribution < -0.4 is 0 Å². The lowest BCUT2D eigenvalue weighted by Gasteiger charge is -2.38. The highest BCUT2D eigenvalue weighted by Crippen LogP contribution is 2.24. The van der Waals surface area contributed by atoms with Gasteiger partial charge in [0.05, 0.1) is 18.0 Å². The molecule has 1 aliphatic heterocycles. The molecule has 1 amide bonds. The van der Waals surface area contributed by atoms with Gasteiger partial charge in [-0.25, -0.2) is 4.98 Å². The normalized spacial score (nSPS) is 21.1. The summed E-state index contributed by atoms with van der Waals surface area (Å²) in [7, 11) is 0. The van der Waals surface area contributed by atoms with Crippen molar-refractivity contribution in [1.29, 1.82) is 0 Å². The maximum Gasteiger partial charge on any atom is 0.229 e. The first kappa shape index (κ1) is 15.3. The minimum Gasteiger partial charge on any atom is -0.340 e. The Labute approximate surface area is 135 Å². The molecule has 116 valence electrons. The van der Waals surface area contributed by atoms with Crippen molar-refractivity contribution in [2.45, 2.75) is 44.0 Å². The van der Waals surface area contributed by atoms with E-state index in [0.717, 1.165) is 42.9 Å². The second kappa shape index (κ2) is 7.07. The van der Waals surface area contributed by atoms with E-state index in [9.17, 15) is 4.79 Å². The predicted molar refractivity (Wildman–Crippen MR) is 85.8 cm³/mol. The van der Waals surface area contributed by atoms with Gasteiger partial charge in [-0.15, -0.1) is 22.9 Å². The largest absolute Gasteiger partial charge is 0.340 e. The van der Waals surface area contributed by atoms with E-state index in [1.54, 1.807) is 0 Å². The number of carbonyl (C=O) groups excluding carboxylic acids is 1. The molecule has 4 nitrogen and oxygen atoms in total. The number of carbonyl (C=O) groups is 1. The van der Waals surface area contributed by atoms with Gasteiger partial charge in [0.2, 0.25) is 5.91 Å². The third-order valence-electron chi connectivity index (χ3n) is 4.55. The highest BCUT2D eigenvalue weighted by atomic mass is 35.5. The molecule has 6 heteroatoms. The summed E-state index contributed by atoms with van der Waals surface area (Å²) in [5.74, 6) is 0.627. The Kier molecular flexibility index (Phi) is 5.14. The van der Waals surface area contributed by atoms with Gasteiger partial charge in [0.25, 0.3) is 0 Å². The summed E-state index contributed by atoms with van der Waals surface area (Å²) < 4.78 is 0. The SMILES string of the molecule is O=C(Cc1nc(CCl)cs1)N1CCN(C2CCCC2)CC1. The van der Waals surface area contributed by atoms with E-state index in [2.05, 4.69) is 9.88 Å². The molecule has 2 fully saturated rings. The Hall–Kier alpha value is -0.650. The van der Waals surface area contributed by atoms with Gasteiger partial charge in [0.1, 0.15) is 5.01 Å². The van der Waals surface area contributed by atoms with Gasteiger partial charge in [-0.1, -0.05) is 12.8 Å². The zero-order valence-corrected chi connectivity index (χ0v) is 13.8. The molecule has 1 aliphatic carbocycles. The molecule has 2 heterocycles. The quantitative estimate of drug-likeness (QED) is 0.797. The number of aromatic nitrogens is 1. The first-order chi connectivity index (χ1) is 10.3. The van der Waals surface area contributed by atoms with Crippen molar-refractivity contribution in [3.05, 3.63) is 16.1 Å². The first-order valence-corrected chi connectivity index (χ1v) is 9.19. The lowest BCUT2D eigenvalue weighted by Crippen LogP contribution is -2.51. The van der Waals surface area contributed by atoms with Crippen LogP contribution in [0.5, 0.6) is 0 Å². The summed E-state index contributed by atoms with van der Waals surface area (Å²) in [4.78, 5) is 21.3. The Bertz CT molecular complexity index is 479. The molecule has 1 saturated carbocycles. The monoisotopic (exact) mass is 327 g/mol. The minimum absolute atomic E-state index is 0.205. The van der Waals surface area contributed by atoms with Gasteiger partial charge in [0, 0.05) is 37.6 Å². The number of alkyl halides is 1. The van der Waals surface area contributed by atoms with Gasteiger partial charge in [-0.3, -0.25) is 9.69 Å². The molecule has 2 aliphatic rings. The van der Waals surface area contributed by atoms with Gasteiger partial charge in [0.15, 0.2) is 0 Å². The highest BCUT2D eigenvalue weighted by molar-refractivity contribution is 7.09. The summed E-state index contributed by atoms with van der Waals surface area (Å²) >= 11 is 7.28. The number of nitrogens with zero attached hydrogens (tertiary/aromatic N) is 3. The Morgan fingerprint density at radius 3 is 2.62 bits per heavy atom. The third kappa shape index (κ3) is 3.76. The summed E-state index contributed by atoms with van der Waals surface area (Å²) in [6.45, 7) is 3.79. The number of thiazole rings is 1. The molecule has 21 heavy (non-hydrogen) atoms. The predicted octanol–water partition coefficient (Wildman–Crippen LogP) is 2.51.